The highest BCUT2D eigenvalue weighted by Gasteiger charge is 2.11. The van der Waals surface area contributed by atoms with Crippen molar-refractivity contribution < 1.29 is 9.53 Å². The molecule has 0 aliphatic carbocycles. The van der Waals surface area contributed by atoms with Gasteiger partial charge in [-0.1, -0.05) is 26.0 Å². The first-order valence-electron chi connectivity index (χ1n) is 7.69. The van der Waals surface area contributed by atoms with Crippen molar-refractivity contribution in [3.63, 3.8) is 0 Å². The number of para-hydroxylation sites is 2. The van der Waals surface area contributed by atoms with E-state index in [0.717, 1.165) is 6.54 Å². The number of carbonyl (C=O) groups excluding carboxylic acids is 1. The van der Waals surface area contributed by atoms with Crippen LogP contribution >= 0.6 is 0 Å². The molecule has 0 saturated heterocycles. The molecule has 6 nitrogen and oxygen atoms in total. The van der Waals surface area contributed by atoms with E-state index in [1.807, 2.05) is 25.1 Å². The molecule has 0 atom stereocenters. The van der Waals surface area contributed by atoms with E-state index < -0.39 is 0 Å². The van der Waals surface area contributed by atoms with Crippen molar-refractivity contribution in [2.75, 3.05) is 23.8 Å². The molecule has 6 heteroatoms. The number of anilines is 2. The van der Waals surface area contributed by atoms with Crippen molar-refractivity contribution in [2.24, 2.45) is 5.92 Å². The van der Waals surface area contributed by atoms with Crippen molar-refractivity contribution in [1.82, 2.24) is 9.97 Å². The Hall–Kier alpha value is -2.63. The summed E-state index contributed by atoms with van der Waals surface area (Å²) < 4.78 is 5.49. The lowest BCUT2D eigenvalue weighted by atomic mass is 10.2. The first-order chi connectivity index (χ1) is 11.1. The minimum absolute atomic E-state index is 0.256. The maximum atomic E-state index is 12.3. The summed E-state index contributed by atoms with van der Waals surface area (Å²) in [7, 11) is 0. The Morgan fingerprint density at radius 2 is 2.00 bits per heavy atom. The summed E-state index contributed by atoms with van der Waals surface area (Å²) in [6.07, 6.45) is 3.02. The Bertz CT molecular complexity index is 641. The molecule has 0 bridgehead atoms. The highest BCUT2D eigenvalue weighted by molar-refractivity contribution is 6.03. The van der Waals surface area contributed by atoms with Gasteiger partial charge in [0.15, 0.2) is 0 Å². The average Bonchev–Trinajstić information content (AvgIpc) is 2.55. The number of ether oxygens (including phenoxy) is 1. The Labute approximate surface area is 136 Å². The summed E-state index contributed by atoms with van der Waals surface area (Å²) in [6, 6.07) is 7.29. The second-order valence-corrected chi connectivity index (χ2v) is 5.44. The topological polar surface area (TPSA) is 76.1 Å². The van der Waals surface area contributed by atoms with Crippen molar-refractivity contribution in [2.45, 2.75) is 20.8 Å². The molecule has 0 aliphatic rings. The summed E-state index contributed by atoms with van der Waals surface area (Å²) in [5.74, 6) is 1.48. The summed E-state index contributed by atoms with van der Waals surface area (Å²) in [4.78, 5) is 20.6. The molecule has 23 heavy (non-hydrogen) atoms. The lowest BCUT2D eigenvalue weighted by Gasteiger charge is -2.11. The third kappa shape index (κ3) is 4.95. The number of benzene rings is 1. The molecule has 122 valence electrons. The Balaban J connectivity index is 2.03. The molecule has 0 saturated carbocycles. The van der Waals surface area contributed by atoms with Crippen molar-refractivity contribution in [1.29, 1.82) is 0 Å². The SMILES string of the molecule is CCOc1ccccc1NC(=O)c1cnc(NCC(C)C)cn1. The summed E-state index contributed by atoms with van der Waals surface area (Å²) >= 11 is 0. The zero-order chi connectivity index (χ0) is 16.7. The minimum atomic E-state index is -0.319. The molecule has 0 aliphatic heterocycles. The monoisotopic (exact) mass is 314 g/mol. The normalized spacial score (nSPS) is 10.4. The molecule has 0 fully saturated rings. The molecule has 1 aromatic heterocycles. The van der Waals surface area contributed by atoms with Gasteiger partial charge in [0.2, 0.25) is 0 Å². The van der Waals surface area contributed by atoms with Crippen LogP contribution in [0.4, 0.5) is 11.5 Å². The highest BCUT2D eigenvalue weighted by Crippen LogP contribution is 2.24. The van der Waals surface area contributed by atoms with E-state index in [1.54, 1.807) is 12.3 Å². The first-order valence-corrected chi connectivity index (χ1v) is 7.69. The number of carbonyl (C=O) groups is 1. The van der Waals surface area contributed by atoms with Gasteiger partial charge in [-0.25, -0.2) is 9.97 Å². The number of nitrogens with zero attached hydrogens (tertiary/aromatic N) is 2. The lowest BCUT2D eigenvalue weighted by Crippen LogP contribution is -2.16. The Morgan fingerprint density at radius 3 is 2.65 bits per heavy atom. The molecule has 0 radical (unpaired) electrons. The van der Waals surface area contributed by atoms with E-state index in [9.17, 15) is 4.79 Å². The van der Waals surface area contributed by atoms with Crippen LogP contribution in [-0.4, -0.2) is 29.0 Å². The van der Waals surface area contributed by atoms with Gasteiger partial charge in [-0.05, 0) is 25.0 Å². The summed E-state index contributed by atoms with van der Waals surface area (Å²) in [6.45, 7) is 7.45. The van der Waals surface area contributed by atoms with Crippen LogP contribution in [0.25, 0.3) is 0 Å². The summed E-state index contributed by atoms with van der Waals surface area (Å²) in [5.41, 5.74) is 0.870. The van der Waals surface area contributed by atoms with Gasteiger partial charge < -0.3 is 15.4 Å². The molecule has 2 N–H and O–H groups in total. The van der Waals surface area contributed by atoms with Crippen LogP contribution in [0.1, 0.15) is 31.3 Å². The van der Waals surface area contributed by atoms with E-state index >= 15 is 0 Å². The van der Waals surface area contributed by atoms with Crippen LogP contribution in [-0.2, 0) is 0 Å². The third-order valence-corrected chi connectivity index (χ3v) is 3.01. The molecular formula is C17H22N4O2. The fourth-order valence-corrected chi connectivity index (χ4v) is 1.88. The van der Waals surface area contributed by atoms with Gasteiger partial charge in [0.05, 0.1) is 24.7 Å². The van der Waals surface area contributed by atoms with Gasteiger partial charge in [-0.2, -0.15) is 0 Å². The van der Waals surface area contributed by atoms with E-state index in [2.05, 4.69) is 34.4 Å². The minimum Gasteiger partial charge on any atom is -0.492 e. The number of amides is 1. The molecule has 1 heterocycles. The number of aromatic nitrogens is 2. The molecule has 0 unspecified atom stereocenters. The number of hydrogen-bond donors (Lipinski definition) is 2. The molecule has 1 amide bonds. The predicted octanol–water partition coefficient (Wildman–Crippen LogP) is 3.20. The van der Waals surface area contributed by atoms with Crippen LogP contribution in [0, 0.1) is 5.92 Å². The number of nitrogens with one attached hydrogen (secondary N) is 2. The zero-order valence-electron chi connectivity index (χ0n) is 13.7. The van der Waals surface area contributed by atoms with Gasteiger partial charge in [-0.15, -0.1) is 0 Å². The van der Waals surface area contributed by atoms with Crippen LogP contribution in [0.3, 0.4) is 0 Å². The summed E-state index contributed by atoms with van der Waals surface area (Å²) in [5, 5.41) is 5.95. The molecule has 1 aromatic carbocycles. The second kappa shape index (κ2) is 8.12. The Morgan fingerprint density at radius 1 is 1.22 bits per heavy atom. The molecule has 0 spiro atoms. The van der Waals surface area contributed by atoms with Gasteiger partial charge in [0.25, 0.3) is 5.91 Å². The van der Waals surface area contributed by atoms with Crippen LogP contribution in [0.15, 0.2) is 36.7 Å². The molecular weight excluding hydrogens is 292 g/mol. The van der Waals surface area contributed by atoms with Crippen LogP contribution < -0.4 is 15.4 Å². The van der Waals surface area contributed by atoms with Crippen molar-refractivity contribution in [3.8, 4) is 5.75 Å². The van der Waals surface area contributed by atoms with Crippen LogP contribution in [0.2, 0.25) is 0 Å². The first kappa shape index (κ1) is 16.7. The standard InChI is InChI=1S/C17H22N4O2/c1-4-23-15-8-6-5-7-13(15)21-17(22)14-10-20-16(11-18-14)19-9-12(2)3/h5-8,10-12H,4,9H2,1-3H3,(H,19,20)(H,21,22). The smallest absolute Gasteiger partial charge is 0.275 e. The molecule has 2 aromatic rings. The predicted molar refractivity (Wildman–Crippen MR) is 90.9 cm³/mol. The van der Waals surface area contributed by atoms with E-state index in [4.69, 9.17) is 4.74 Å². The number of rotatable bonds is 7. The maximum absolute atomic E-state index is 12.3. The van der Waals surface area contributed by atoms with Gasteiger partial charge >= 0.3 is 0 Å². The highest BCUT2D eigenvalue weighted by atomic mass is 16.5. The Kier molecular flexibility index (Phi) is 5.91. The van der Waals surface area contributed by atoms with Gasteiger partial charge in [0.1, 0.15) is 17.3 Å². The van der Waals surface area contributed by atoms with Crippen LogP contribution in [0.5, 0.6) is 5.75 Å². The van der Waals surface area contributed by atoms with E-state index in [0.29, 0.717) is 29.8 Å². The third-order valence-electron chi connectivity index (χ3n) is 3.01. The average molecular weight is 314 g/mol. The fourth-order valence-electron chi connectivity index (χ4n) is 1.88. The maximum Gasteiger partial charge on any atom is 0.275 e. The quantitative estimate of drug-likeness (QED) is 0.821. The second-order valence-electron chi connectivity index (χ2n) is 5.44. The van der Waals surface area contributed by atoms with Gasteiger partial charge in [0, 0.05) is 6.54 Å². The molecule has 2 rings (SSSR count). The fraction of sp³-hybridized carbons (Fsp3) is 0.353. The lowest BCUT2D eigenvalue weighted by molar-refractivity contribution is 0.102. The van der Waals surface area contributed by atoms with Gasteiger partial charge in [-0.3, -0.25) is 4.79 Å². The van der Waals surface area contributed by atoms with Crippen molar-refractivity contribution >= 4 is 17.4 Å². The largest absolute Gasteiger partial charge is 0.492 e. The number of hydrogen-bond acceptors (Lipinski definition) is 5. The van der Waals surface area contributed by atoms with E-state index in [-0.39, 0.29) is 11.6 Å². The zero-order valence-corrected chi connectivity index (χ0v) is 13.7. The van der Waals surface area contributed by atoms with Crippen molar-refractivity contribution in [3.05, 3.63) is 42.4 Å². The van der Waals surface area contributed by atoms with E-state index in [1.165, 1.54) is 6.20 Å².